The Balaban J connectivity index is 1.91. The molecule has 1 saturated heterocycles. The molecule has 0 bridgehead atoms. The predicted octanol–water partition coefficient (Wildman–Crippen LogP) is 2.45. The van der Waals surface area contributed by atoms with Crippen molar-refractivity contribution < 1.29 is 19.4 Å². The summed E-state index contributed by atoms with van der Waals surface area (Å²) in [6.45, 7) is 2.57. The third kappa shape index (κ3) is 3.30. The molecule has 1 amide bonds. The number of rotatable bonds is 7. The Labute approximate surface area is 154 Å². The smallest absolute Gasteiger partial charge is 0.324 e. The maximum Gasteiger partial charge on any atom is 0.324 e. The number of nitrogens with zero attached hydrogens (tertiary/aromatic N) is 1. The average Bonchev–Trinajstić information content (AvgIpc) is 3.42. The summed E-state index contributed by atoms with van der Waals surface area (Å²) >= 11 is 0. The predicted molar refractivity (Wildman–Crippen MR) is 98.0 cm³/mol. The molecule has 1 saturated carbocycles. The van der Waals surface area contributed by atoms with Crippen LogP contribution in [0.2, 0.25) is 0 Å². The summed E-state index contributed by atoms with van der Waals surface area (Å²) in [7, 11) is 3.43. The number of amides is 1. The van der Waals surface area contributed by atoms with E-state index in [-0.39, 0.29) is 17.9 Å². The van der Waals surface area contributed by atoms with Crippen molar-refractivity contribution in [2.24, 2.45) is 11.8 Å². The normalized spacial score (nSPS) is 28.7. The largest absolute Gasteiger partial charge is 0.497 e. The number of hydrogen-bond acceptors (Lipinski definition) is 4. The van der Waals surface area contributed by atoms with Gasteiger partial charge >= 0.3 is 5.97 Å². The zero-order valence-corrected chi connectivity index (χ0v) is 15.7. The topological polar surface area (TPSA) is 78.9 Å². The first kappa shape index (κ1) is 18.7. The first-order valence-corrected chi connectivity index (χ1v) is 9.31. The zero-order chi connectivity index (χ0) is 18.9. The molecule has 142 valence electrons. The van der Waals surface area contributed by atoms with Gasteiger partial charge in [0.05, 0.1) is 13.0 Å². The lowest BCUT2D eigenvalue weighted by molar-refractivity contribution is -0.150. The monoisotopic (exact) mass is 360 g/mol. The maximum atomic E-state index is 12.9. The van der Waals surface area contributed by atoms with Crippen LogP contribution in [0.15, 0.2) is 24.3 Å². The first-order chi connectivity index (χ1) is 12.4. The van der Waals surface area contributed by atoms with Crippen molar-refractivity contribution in [3.8, 4) is 5.75 Å². The lowest BCUT2D eigenvalue weighted by atomic mass is 9.87. The lowest BCUT2D eigenvalue weighted by Gasteiger charge is -2.34. The van der Waals surface area contributed by atoms with Crippen LogP contribution >= 0.6 is 0 Å². The number of nitrogens with one attached hydrogen (secondary N) is 1. The van der Waals surface area contributed by atoms with Gasteiger partial charge in [-0.1, -0.05) is 19.1 Å². The summed E-state index contributed by atoms with van der Waals surface area (Å²) in [4.78, 5) is 26.9. The number of aliphatic carboxylic acids is 1. The summed E-state index contributed by atoms with van der Waals surface area (Å²) in [5.74, 6) is 0.0416. The summed E-state index contributed by atoms with van der Waals surface area (Å²) in [6.07, 6.45) is 3.11. The van der Waals surface area contributed by atoms with Gasteiger partial charge in [-0.2, -0.15) is 0 Å². The minimum atomic E-state index is -1.02. The van der Waals surface area contributed by atoms with Crippen LogP contribution in [-0.2, 0) is 9.59 Å². The van der Waals surface area contributed by atoms with E-state index in [0.717, 1.165) is 11.3 Å². The van der Waals surface area contributed by atoms with Crippen LogP contribution in [0.5, 0.6) is 5.75 Å². The van der Waals surface area contributed by atoms with E-state index in [1.807, 2.05) is 43.1 Å². The lowest BCUT2D eigenvalue weighted by Crippen LogP contribution is -2.48. The van der Waals surface area contributed by atoms with E-state index in [4.69, 9.17) is 4.74 Å². The van der Waals surface area contributed by atoms with Crippen LogP contribution < -0.4 is 10.1 Å². The molecule has 2 N–H and O–H groups in total. The van der Waals surface area contributed by atoms with E-state index in [1.54, 1.807) is 7.11 Å². The fraction of sp³-hybridized carbons (Fsp3) is 0.600. The zero-order valence-electron chi connectivity index (χ0n) is 15.7. The van der Waals surface area contributed by atoms with Gasteiger partial charge in [0.25, 0.3) is 0 Å². The Morgan fingerprint density at radius 2 is 1.96 bits per heavy atom. The molecule has 3 rings (SSSR count). The molecular formula is C20H28N2O4. The third-order valence-corrected chi connectivity index (χ3v) is 6.07. The van der Waals surface area contributed by atoms with Crippen LogP contribution in [0.1, 0.15) is 44.2 Å². The molecule has 3 atom stereocenters. The number of hydrogen-bond donors (Lipinski definition) is 2. The second-order valence-electron chi connectivity index (χ2n) is 7.52. The fourth-order valence-electron chi connectivity index (χ4n) is 4.13. The molecule has 1 aromatic rings. The van der Waals surface area contributed by atoms with Gasteiger partial charge < -0.3 is 15.2 Å². The molecule has 6 nitrogen and oxygen atoms in total. The molecule has 1 aliphatic heterocycles. The highest BCUT2D eigenvalue weighted by Crippen LogP contribution is 2.47. The van der Waals surface area contributed by atoms with E-state index in [2.05, 4.69) is 5.32 Å². The van der Waals surface area contributed by atoms with Crippen molar-refractivity contribution in [2.45, 2.75) is 44.2 Å². The maximum absolute atomic E-state index is 12.9. The van der Waals surface area contributed by atoms with Gasteiger partial charge in [-0.25, -0.2) is 0 Å². The number of benzene rings is 1. The molecule has 2 aliphatic rings. The molecule has 0 radical (unpaired) electrons. The van der Waals surface area contributed by atoms with E-state index < -0.39 is 11.5 Å². The molecule has 0 aromatic heterocycles. The number of carboxylic acid groups (broad SMARTS) is 1. The molecule has 26 heavy (non-hydrogen) atoms. The molecule has 1 aliphatic carbocycles. The quantitative estimate of drug-likeness (QED) is 0.781. The van der Waals surface area contributed by atoms with E-state index in [9.17, 15) is 14.7 Å². The SMILES string of the molecule is CC[C@]1(C(=O)O)C[C@@H](C(=O)NCC2CC2)[C@@H](c2ccc(OC)cc2)N1C. The highest BCUT2D eigenvalue weighted by Gasteiger charge is 2.56. The second-order valence-corrected chi connectivity index (χ2v) is 7.52. The van der Waals surface area contributed by atoms with Gasteiger partial charge in [0.2, 0.25) is 5.91 Å². The molecule has 0 spiro atoms. The van der Waals surface area contributed by atoms with Crippen molar-refractivity contribution in [3.05, 3.63) is 29.8 Å². The Bertz CT molecular complexity index is 671. The summed E-state index contributed by atoms with van der Waals surface area (Å²) in [6, 6.07) is 7.30. The Hall–Kier alpha value is -2.08. The number of likely N-dealkylation sites (N-methyl/N-ethyl adjacent to an activating group) is 1. The van der Waals surface area contributed by atoms with Crippen molar-refractivity contribution >= 4 is 11.9 Å². The van der Waals surface area contributed by atoms with Crippen molar-refractivity contribution in [1.82, 2.24) is 10.2 Å². The van der Waals surface area contributed by atoms with Gasteiger partial charge in [0.15, 0.2) is 0 Å². The molecule has 0 unspecified atom stereocenters. The Morgan fingerprint density at radius 3 is 2.46 bits per heavy atom. The van der Waals surface area contributed by atoms with Gasteiger partial charge in [-0.3, -0.25) is 14.5 Å². The van der Waals surface area contributed by atoms with E-state index in [1.165, 1.54) is 12.8 Å². The number of carbonyl (C=O) groups is 2. The standard InChI is InChI=1S/C20H28N2O4/c1-4-20(19(24)25)11-16(18(23)21-12-13-5-6-13)17(22(20)2)14-7-9-15(26-3)10-8-14/h7-10,13,16-17H,4-6,11-12H2,1-3H3,(H,21,23)(H,24,25)/t16-,17-,20-/m1/s1. The minimum absolute atomic E-state index is 0.0406. The van der Waals surface area contributed by atoms with Gasteiger partial charge in [0, 0.05) is 12.6 Å². The van der Waals surface area contributed by atoms with E-state index >= 15 is 0 Å². The fourth-order valence-corrected chi connectivity index (χ4v) is 4.13. The number of likely N-dealkylation sites (tertiary alicyclic amines) is 1. The number of carbonyl (C=O) groups excluding carboxylic acids is 1. The van der Waals surface area contributed by atoms with Gasteiger partial charge in [-0.05, 0) is 56.3 Å². The molecule has 6 heteroatoms. The third-order valence-electron chi connectivity index (χ3n) is 6.07. The molecular weight excluding hydrogens is 332 g/mol. The highest BCUT2D eigenvalue weighted by atomic mass is 16.5. The Kier molecular flexibility index (Phi) is 5.23. The van der Waals surface area contributed by atoms with Crippen LogP contribution in [0.25, 0.3) is 0 Å². The highest BCUT2D eigenvalue weighted by molar-refractivity contribution is 5.85. The van der Waals surface area contributed by atoms with Gasteiger partial charge in [-0.15, -0.1) is 0 Å². The van der Waals surface area contributed by atoms with Crippen molar-refractivity contribution in [1.29, 1.82) is 0 Å². The minimum Gasteiger partial charge on any atom is -0.497 e. The van der Waals surface area contributed by atoms with Crippen LogP contribution in [-0.4, -0.2) is 48.1 Å². The second kappa shape index (κ2) is 7.27. The average molecular weight is 360 g/mol. The van der Waals surface area contributed by atoms with Crippen LogP contribution in [0, 0.1) is 11.8 Å². The summed E-state index contributed by atoms with van der Waals surface area (Å²) in [5.41, 5.74) is -0.0805. The van der Waals surface area contributed by atoms with Crippen LogP contribution in [0.4, 0.5) is 0 Å². The van der Waals surface area contributed by atoms with E-state index in [0.29, 0.717) is 25.3 Å². The van der Waals surface area contributed by atoms with Crippen LogP contribution in [0.3, 0.4) is 0 Å². The number of carboxylic acids is 1. The molecule has 2 fully saturated rings. The number of methoxy groups -OCH3 is 1. The van der Waals surface area contributed by atoms with Crippen molar-refractivity contribution in [3.63, 3.8) is 0 Å². The van der Waals surface area contributed by atoms with Gasteiger partial charge in [0.1, 0.15) is 11.3 Å². The van der Waals surface area contributed by atoms with Crippen molar-refractivity contribution in [2.75, 3.05) is 20.7 Å². The Morgan fingerprint density at radius 1 is 1.31 bits per heavy atom. The number of ether oxygens (including phenoxy) is 1. The summed E-state index contributed by atoms with van der Waals surface area (Å²) in [5, 5.41) is 13.0. The summed E-state index contributed by atoms with van der Waals surface area (Å²) < 4.78 is 5.22. The first-order valence-electron chi connectivity index (χ1n) is 9.31. The molecule has 1 aromatic carbocycles. The molecule has 1 heterocycles.